The molecule has 1 saturated heterocycles. The van der Waals surface area contributed by atoms with Crippen LogP contribution < -0.4 is 10.2 Å². The number of aryl methyl sites for hydroxylation is 1. The molecule has 0 aliphatic carbocycles. The predicted octanol–water partition coefficient (Wildman–Crippen LogP) is 6.15. The summed E-state index contributed by atoms with van der Waals surface area (Å²) in [7, 11) is 0. The van der Waals surface area contributed by atoms with Gasteiger partial charge in [0, 0.05) is 22.8 Å². The Hall–Kier alpha value is -3.05. The van der Waals surface area contributed by atoms with Crippen LogP contribution in [0, 0.1) is 6.92 Å². The molecule has 0 atom stereocenters. The summed E-state index contributed by atoms with van der Waals surface area (Å²) in [5.41, 5.74) is 6.21. The molecule has 2 aromatic carbocycles. The molecule has 5 nitrogen and oxygen atoms in total. The Morgan fingerprint density at radius 1 is 1.09 bits per heavy atom. The number of hydrogen-bond acceptors (Lipinski definition) is 3. The number of nitrogens with one attached hydrogen (secondary N) is 1. The molecule has 2 aromatic rings. The number of amides is 3. The molecule has 1 N–H and O–H groups in total. The number of urea groups is 1. The van der Waals surface area contributed by atoms with Crippen LogP contribution in [0.15, 0.2) is 48.2 Å². The third kappa shape index (κ3) is 4.42. The van der Waals surface area contributed by atoms with Crippen molar-refractivity contribution in [2.75, 3.05) is 11.4 Å². The summed E-state index contributed by atoms with van der Waals surface area (Å²) in [4.78, 5) is 29.1. The number of anilines is 1. The zero-order valence-electron chi connectivity index (χ0n) is 19.8. The van der Waals surface area contributed by atoms with Crippen molar-refractivity contribution in [2.24, 2.45) is 0 Å². The Kier molecular flexibility index (Phi) is 6.10. The fourth-order valence-corrected chi connectivity index (χ4v) is 4.82. The average Bonchev–Trinajstić information content (AvgIpc) is 3.00. The molecule has 0 spiro atoms. The zero-order chi connectivity index (χ0) is 23.9. The van der Waals surface area contributed by atoms with Crippen molar-refractivity contribution in [1.29, 1.82) is 0 Å². The van der Waals surface area contributed by atoms with Crippen molar-refractivity contribution < 1.29 is 9.59 Å². The lowest BCUT2D eigenvalue weighted by Gasteiger charge is -2.43. The smallest absolute Gasteiger partial charge is 0.329 e. The predicted molar refractivity (Wildman–Crippen MR) is 135 cm³/mol. The van der Waals surface area contributed by atoms with Gasteiger partial charge < -0.3 is 10.2 Å². The first kappa shape index (κ1) is 23.1. The van der Waals surface area contributed by atoms with Gasteiger partial charge in [-0.05, 0) is 69.0 Å². The lowest BCUT2D eigenvalue weighted by Crippen LogP contribution is -2.45. The maximum Gasteiger partial charge on any atom is 0.329 e. The van der Waals surface area contributed by atoms with E-state index in [0.717, 1.165) is 35.3 Å². The van der Waals surface area contributed by atoms with Gasteiger partial charge in [0.05, 0.1) is 12.1 Å². The van der Waals surface area contributed by atoms with Crippen LogP contribution in [-0.4, -0.2) is 28.9 Å². The highest BCUT2D eigenvalue weighted by Gasteiger charge is 2.34. The summed E-state index contributed by atoms with van der Waals surface area (Å²) in [5, 5.41) is 3.26. The van der Waals surface area contributed by atoms with Gasteiger partial charge in [-0.2, -0.15) is 0 Å². The van der Waals surface area contributed by atoms with Gasteiger partial charge in [-0.3, -0.25) is 9.69 Å². The third-order valence-electron chi connectivity index (χ3n) is 6.27. The molecule has 3 amide bonds. The van der Waals surface area contributed by atoms with Gasteiger partial charge >= 0.3 is 6.03 Å². The largest absolute Gasteiger partial charge is 0.362 e. The number of carbonyl (C=O) groups is 2. The fraction of sp³-hybridized carbons (Fsp3) is 0.333. The van der Waals surface area contributed by atoms with E-state index in [1.165, 1.54) is 10.5 Å². The van der Waals surface area contributed by atoms with Crippen LogP contribution in [0.1, 0.15) is 56.4 Å². The van der Waals surface area contributed by atoms with Crippen molar-refractivity contribution in [3.63, 3.8) is 0 Å². The van der Waals surface area contributed by atoms with Crippen LogP contribution in [-0.2, 0) is 11.3 Å². The molecule has 0 radical (unpaired) electrons. The topological polar surface area (TPSA) is 52.7 Å². The third-order valence-corrected chi connectivity index (χ3v) is 6.59. The van der Waals surface area contributed by atoms with Gasteiger partial charge in [-0.15, -0.1) is 0 Å². The van der Waals surface area contributed by atoms with Gasteiger partial charge in [-0.25, -0.2) is 4.79 Å². The second-order valence-electron chi connectivity index (χ2n) is 9.39. The first-order valence-corrected chi connectivity index (χ1v) is 11.7. The Labute approximate surface area is 200 Å². The lowest BCUT2D eigenvalue weighted by atomic mass is 9.87. The molecule has 0 saturated carbocycles. The van der Waals surface area contributed by atoms with Crippen molar-refractivity contribution in [1.82, 2.24) is 10.2 Å². The summed E-state index contributed by atoms with van der Waals surface area (Å²) in [6.45, 7) is 11.8. The molecule has 0 aromatic heterocycles. The highest BCUT2D eigenvalue weighted by Crippen LogP contribution is 2.42. The summed E-state index contributed by atoms with van der Waals surface area (Å²) < 4.78 is 0. The lowest BCUT2D eigenvalue weighted by molar-refractivity contribution is -0.123. The van der Waals surface area contributed by atoms with Gasteiger partial charge in [0.2, 0.25) is 0 Å². The van der Waals surface area contributed by atoms with E-state index in [-0.39, 0.29) is 23.7 Å². The number of rotatable bonds is 5. The Balaban J connectivity index is 1.66. The monoisotopic (exact) mass is 463 g/mol. The number of imide groups is 1. The molecule has 0 bridgehead atoms. The van der Waals surface area contributed by atoms with Crippen molar-refractivity contribution in [3.05, 3.63) is 75.4 Å². The molecular weight excluding hydrogens is 434 g/mol. The minimum absolute atomic E-state index is 0.109. The Morgan fingerprint density at radius 2 is 1.79 bits per heavy atom. The normalized spacial score (nSPS) is 18.5. The summed E-state index contributed by atoms with van der Waals surface area (Å²) in [6, 6.07) is 11.4. The van der Waals surface area contributed by atoms with E-state index in [9.17, 15) is 9.59 Å². The quantitative estimate of drug-likeness (QED) is 0.427. The van der Waals surface area contributed by atoms with Crippen LogP contribution in [0.4, 0.5) is 10.5 Å². The molecular formula is C27H30ClN3O2. The molecule has 172 valence electrons. The number of allylic oxidation sites excluding steroid dienone is 1. The average molecular weight is 464 g/mol. The second kappa shape index (κ2) is 8.71. The van der Waals surface area contributed by atoms with Crippen molar-refractivity contribution >= 4 is 40.9 Å². The van der Waals surface area contributed by atoms with E-state index < -0.39 is 6.03 Å². The molecule has 2 aliphatic heterocycles. The van der Waals surface area contributed by atoms with E-state index in [0.29, 0.717) is 10.6 Å². The van der Waals surface area contributed by atoms with Crippen LogP contribution in [0.25, 0.3) is 11.6 Å². The molecule has 2 aliphatic rings. The molecule has 2 heterocycles. The SMILES string of the molecule is CCCN1c2cc(Cl)c(/C=C3/NC(=O)N(Cc4ccc(C)cc4)C3=O)cc2C(C)=CC1(C)C. The molecule has 33 heavy (non-hydrogen) atoms. The minimum atomic E-state index is -0.423. The van der Waals surface area contributed by atoms with E-state index in [1.54, 1.807) is 6.08 Å². The van der Waals surface area contributed by atoms with Crippen molar-refractivity contribution in [2.45, 2.75) is 53.1 Å². The summed E-state index contributed by atoms with van der Waals surface area (Å²) in [6.07, 6.45) is 4.97. The molecule has 0 unspecified atom stereocenters. The number of carbonyl (C=O) groups excluding carboxylic acids is 2. The number of nitrogens with zero attached hydrogens (tertiary/aromatic N) is 2. The number of halogens is 1. The van der Waals surface area contributed by atoms with Crippen LogP contribution in [0.3, 0.4) is 0 Å². The van der Waals surface area contributed by atoms with E-state index in [2.05, 4.69) is 44.0 Å². The van der Waals surface area contributed by atoms with Crippen LogP contribution in [0.2, 0.25) is 5.02 Å². The minimum Gasteiger partial charge on any atom is -0.362 e. The molecule has 1 fully saturated rings. The highest BCUT2D eigenvalue weighted by molar-refractivity contribution is 6.32. The summed E-state index contributed by atoms with van der Waals surface area (Å²) in [5.74, 6) is -0.352. The standard InChI is InChI=1S/C27H30ClN3O2/c1-6-11-31-24-14-22(28)20(12-21(24)18(3)15-27(31,4)5)13-23-25(32)30(26(33)29-23)16-19-9-7-17(2)8-10-19/h7-10,12-15H,6,11,16H2,1-5H3,(H,29,33)/b23-13+. The van der Waals surface area contributed by atoms with Gasteiger partial charge in [0.1, 0.15) is 5.70 Å². The van der Waals surface area contributed by atoms with Gasteiger partial charge in [-0.1, -0.05) is 54.4 Å². The maximum absolute atomic E-state index is 13.0. The van der Waals surface area contributed by atoms with Crippen molar-refractivity contribution in [3.8, 4) is 0 Å². The van der Waals surface area contributed by atoms with Gasteiger partial charge in [0.15, 0.2) is 0 Å². The second-order valence-corrected chi connectivity index (χ2v) is 9.80. The zero-order valence-corrected chi connectivity index (χ0v) is 20.6. The number of fused-ring (bicyclic) bond motifs is 1. The molecule has 6 heteroatoms. The first-order valence-electron chi connectivity index (χ1n) is 11.3. The summed E-state index contributed by atoms with van der Waals surface area (Å²) >= 11 is 6.68. The first-order chi connectivity index (χ1) is 15.6. The Morgan fingerprint density at radius 3 is 2.45 bits per heavy atom. The number of benzene rings is 2. The van der Waals surface area contributed by atoms with E-state index in [1.807, 2.05) is 43.3 Å². The van der Waals surface area contributed by atoms with Crippen LogP contribution >= 0.6 is 11.6 Å². The van der Waals surface area contributed by atoms with Crippen LogP contribution in [0.5, 0.6) is 0 Å². The number of hydrogen-bond donors (Lipinski definition) is 1. The molecule has 4 rings (SSSR count). The fourth-order valence-electron chi connectivity index (χ4n) is 4.60. The van der Waals surface area contributed by atoms with E-state index >= 15 is 0 Å². The Bertz CT molecular complexity index is 1180. The maximum atomic E-state index is 13.0. The highest BCUT2D eigenvalue weighted by atomic mass is 35.5. The van der Waals surface area contributed by atoms with E-state index in [4.69, 9.17) is 11.6 Å². The van der Waals surface area contributed by atoms with Gasteiger partial charge in [0.25, 0.3) is 5.91 Å².